The van der Waals surface area contributed by atoms with Gasteiger partial charge in [0, 0.05) is 0 Å². The van der Waals surface area contributed by atoms with Gasteiger partial charge in [-0.05, 0) is 11.1 Å². The molecule has 0 spiro atoms. The quantitative estimate of drug-likeness (QED) is 0.750. The Balaban J connectivity index is 2.30. The van der Waals surface area contributed by atoms with Crippen LogP contribution >= 0.6 is 7.37 Å². The fourth-order valence-corrected chi connectivity index (χ4v) is 3.36. The van der Waals surface area contributed by atoms with Crippen molar-refractivity contribution in [1.29, 1.82) is 0 Å². The summed E-state index contributed by atoms with van der Waals surface area (Å²) in [6.07, 6.45) is 0. The molecule has 0 aliphatic rings. The smallest absolute Gasteiger partial charge is 0.253 e. The standard InChI is InChI=1S/C14H16NO3P/c15-13(11-7-3-1-4-8-11)19(17,18)14(16)12-9-5-2-6-10-12/h1-10,13-14,16H,15H2,(H,17,18). The fraction of sp³-hybridized carbons (Fsp3) is 0.143. The average Bonchev–Trinajstić information content (AvgIpc) is 2.47. The lowest BCUT2D eigenvalue weighted by Crippen LogP contribution is -2.15. The molecule has 4 nitrogen and oxygen atoms in total. The minimum absolute atomic E-state index is 0.389. The van der Waals surface area contributed by atoms with Crippen molar-refractivity contribution in [2.24, 2.45) is 5.73 Å². The first-order valence-electron chi connectivity index (χ1n) is 5.89. The first-order chi connectivity index (χ1) is 9.03. The van der Waals surface area contributed by atoms with Gasteiger partial charge >= 0.3 is 0 Å². The molecule has 2 aromatic carbocycles. The van der Waals surface area contributed by atoms with Gasteiger partial charge in [0.05, 0.1) is 0 Å². The maximum absolute atomic E-state index is 12.4. The van der Waals surface area contributed by atoms with Crippen molar-refractivity contribution in [3.05, 3.63) is 71.8 Å². The zero-order valence-corrected chi connectivity index (χ0v) is 11.1. The normalized spacial score (nSPS) is 17.4. The van der Waals surface area contributed by atoms with Gasteiger partial charge in [-0.1, -0.05) is 60.7 Å². The molecule has 3 atom stereocenters. The summed E-state index contributed by atoms with van der Waals surface area (Å²) in [5.74, 6) is -2.59. The van der Waals surface area contributed by atoms with E-state index >= 15 is 0 Å². The van der Waals surface area contributed by atoms with Gasteiger partial charge in [-0.2, -0.15) is 0 Å². The highest BCUT2D eigenvalue weighted by Crippen LogP contribution is 2.62. The molecule has 0 saturated carbocycles. The van der Waals surface area contributed by atoms with E-state index in [1.807, 2.05) is 0 Å². The van der Waals surface area contributed by atoms with E-state index in [1.165, 1.54) is 0 Å². The Kier molecular flexibility index (Phi) is 4.17. The highest BCUT2D eigenvalue weighted by Gasteiger charge is 2.37. The van der Waals surface area contributed by atoms with E-state index in [0.29, 0.717) is 11.1 Å². The number of benzene rings is 2. The third-order valence-corrected chi connectivity index (χ3v) is 5.08. The van der Waals surface area contributed by atoms with E-state index < -0.39 is 19.0 Å². The maximum Gasteiger partial charge on any atom is 0.253 e. The predicted octanol–water partition coefficient (Wildman–Crippen LogP) is 2.61. The Labute approximate surface area is 112 Å². The van der Waals surface area contributed by atoms with Crippen molar-refractivity contribution >= 4 is 7.37 Å². The van der Waals surface area contributed by atoms with Gasteiger partial charge in [-0.25, -0.2) is 0 Å². The third-order valence-electron chi connectivity index (χ3n) is 2.99. The second kappa shape index (κ2) is 5.68. The van der Waals surface area contributed by atoms with Crippen molar-refractivity contribution in [3.63, 3.8) is 0 Å². The SMILES string of the molecule is NC(c1ccccc1)P(=O)(O)C(O)c1ccccc1. The molecule has 2 rings (SSSR count). The first-order valence-corrected chi connectivity index (χ1v) is 7.69. The summed E-state index contributed by atoms with van der Waals surface area (Å²) in [7, 11) is -3.99. The van der Waals surface area contributed by atoms with E-state index in [9.17, 15) is 14.6 Å². The molecule has 0 aromatic heterocycles. The van der Waals surface area contributed by atoms with Gasteiger partial charge < -0.3 is 15.7 Å². The van der Waals surface area contributed by atoms with Gasteiger partial charge in [0.1, 0.15) is 5.78 Å². The van der Waals surface area contributed by atoms with Gasteiger partial charge in [-0.3, -0.25) is 4.57 Å². The summed E-state index contributed by atoms with van der Waals surface area (Å²) >= 11 is 0. The first kappa shape index (κ1) is 14.0. The van der Waals surface area contributed by atoms with E-state index in [-0.39, 0.29) is 0 Å². The van der Waals surface area contributed by atoms with Crippen LogP contribution in [-0.4, -0.2) is 10.00 Å². The van der Waals surface area contributed by atoms with Gasteiger partial charge in [0.25, 0.3) is 7.37 Å². The van der Waals surface area contributed by atoms with Gasteiger partial charge in [0.15, 0.2) is 5.85 Å². The molecule has 4 N–H and O–H groups in total. The van der Waals surface area contributed by atoms with E-state index in [0.717, 1.165) is 0 Å². The lowest BCUT2D eigenvalue weighted by Gasteiger charge is -2.24. The van der Waals surface area contributed by atoms with Crippen LogP contribution in [0.4, 0.5) is 0 Å². The van der Waals surface area contributed by atoms with Crippen LogP contribution in [0.3, 0.4) is 0 Å². The molecule has 0 aliphatic carbocycles. The van der Waals surface area contributed by atoms with Crippen molar-refractivity contribution in [2.75, 3.05) is 0 Å². The van der Waals surface area contributed by atoms with Crippen LogP contribution in [0.5, 0.6) is 0 Å². The van der Waals surface area contributed by atoms with Crippen molar-refractivity contribution in [2.45, 2.75) is 11.6 Å². The molecular weight excluding hydrogens is 261 g/mol. The molecule has 0 saturated heterocycles. The molecular formula is C14H16NO3P. The lowest BCUT2D eigenvalue weighted by atomic mass is 10.2. The summed E-state index contributed by atoms with van der Waals surface area (Å²) in [5.41, 5.74) is 6.76. The second-order valence-electron chi connectivity index (χ2n) is 4.31. The Morgan fingerprint density at radius 2 is 1.32 bits per heavy atom. The predicted molar refractivity (Wildman–Crippen MR) is 74.6 cm³/mol. The molecule has 0 aliphatic heterocycles. The van der Waals surface area contributed by atoms with Crippen LogP contribution in [-0.2, 0) is 4.57 Å². The van der Waals surface area contributed by atoms with E-state index in [2.05, 4.69) is 0 Å². The van der Waals surface area contributed by atoms with Crippen molar-refractivity contribution in [3.8, 4) is 0 Å². The monoisotopic (exact) mass is 277 g/mol. The number of hydrogen-bond donors (Lipinski definition) is 3. The molecule has 2 aromatic rings. The van der Waals surface area contributed by atoms with Crippen LogP contribution in [0.1, 0.15) is 22.8 Å². The number of hydrogen-bond acceptors (Lipinski definition) is 3. The lowest BCUT2D eigenvalue weighted by molar-refractivity contribution is 0.231. The Hall–Kier alpha value is -1.45. The molecule has 0 fully saturated rings. The average molecular weight is 277 g/mol. The van der Waals surface area contributed by atoms with Crippen molar-refractivity contribution in [1.82, 2.24) is 0 Å². The number of nitrogens with two attached hydrogens (primary N) is 1. The van der Waals surface area contributed by atoms with Crippen LogP contribution < -0.4 is 5.73 Å². The summed E-state index contributed by atoms with van der Waals surface area (Å²) in [6.45, 7) is 0. The third kappa shape index (κ3) is 2.94. The number of aliphatic hydroxyl groups is 1. The number of rotatable bonds is 4. The minimum Gasteiger partial charge on any atom is -0.378 e. The zero-order valence-electron chi connectivity index (χ0n) is 10.3. The Bertz CT molecular complexity index is 524. The minimum atomic E-state index is -3.99. The summed E-state index contributed by atoms with van der Waals surface area (Å²) < 4.78 is 12.4. The van der Waals surface area contributed by atoms with Crippen LogP contribution in [0, 0.1) is 0 Å². The summed E-state index contributed by atoms with van der Waals surface area (Å²) in [6, 6.07) is 17.0. The topological polar surface area (TPSA) is 83.6 Å². The van der Waals surface area contributed by atoms with Crippen LogP contribution in [0.25, 0.3) is 0 Å². The van der Waals surface area contributed by atoms with Gasteiger partial charge in [0.2, 0.25) is 0 Å². The Morgan fingerprint density at radius 3 is 1.79 bits per heavy atom. The highest BCUT2D eigenvalue weighted by atomic mass is 31.2. The number of aliphatic hydroxyl groups excluding tert-OH is 1. The Morgan fingerprint density at radius 1 is 0.895 bits per heavy atom. The summed E-state index contributed by atoms with van der Waals surface area (Å²) in [4.78, 5) is 10.1. The summed E-state index contributed by atoms with van der Waals surface area (Å²) in [5, 5.41) is 10.1. The van der Waals surface area contributed by atoms with E-state index in [1.54, 1.807) is 60.7 Å². The molecule has 0 heterocycles. The molecule has 19 heavy (non-hydrogen) atoms. The molecule has 100 valence electrons. The van der Waals surface area contributed by atoms with Crippen molar-refractivity contribution < 1.29 is 14.6 Å². The molecule has 0 bridgehead atoms. The molecule has 3 unspecified atom stereocenters. The molecule has 0 amide bonds. The second-order valence-corrected chi connectivity index (χ2v) is 6.70. The zero-order chi connectivity index (χ0) is 13.9. The van der Waals surface area contributed by atoms with Crippen LogP contribution in [0.15, 0.2) is 60.7 Å². The molecule has 5 heteroatoms. The fourth-order valence-electron chi connectivity index (χ4n) is 1.85. The molecule has 0 radical (unpaired) electrons. The maximum atomic E-state index is 12.4. The van der Waals surface area contributed by atoms with Gasteiger partial charge in [-0.15, -0.1) is 0 Å². The largest absolute Gasteiger partial charge is 0.378 e. The highest BCUT2D eigenvalue weighted by molar-refractivity contribution is 7.58. The van der Waals surface area contributed by atoms with Crippen LogP contribution in [0.2, 0.25) is 0 Å². The van der Waals surface area contributed by atoms with E-state index in [4.69, 9.17) is 5.73 Å².